The van der Waals surface area contributed by atoms with Crippen LogP contribution in [0.15, 0.2) is 35.6 Å². The van der Waals surface area contributed by atoms with Crippen molar-refractivity contribution in [3.63, 3.8) is 0 Å². The van der Waals surface area contributed by atoms with Gasteiger partial charge in [0.05, 0.1) is 10.6 Å². The van der Waals surface area contributed by atoms with Gasteiger partial charge in [0.1, 0.15) is 6.20 Å². The van der Waals surface area contributed by atoms with Crippen molar-refractivity contribution in [1.29, 1.82) is 0 Å². The minimum Gasteiger partial charge on any atom is -0.268 e. The van der Waals surface area contributed by atoms with Crippen molar-refractivity contribution in [2.45, 2.75) is 6.92 Å². The Hall–Kier alpha value is -2.74. The SMILES string of the molecule is C/C(=N/NC(=O)c1nn(C)cc1[N+](=O)[O-])c1ccc(Cl)cc1. The zero-order chi connectivity index (χ0) is 16.3. The van der Waals surface area contributed by atoms with E-state index in [1.165, 1.54) is 11.7 Å². The molecule has 1 aromatic carbocycles. The number of benzene rings is 1. The molecule has 0 aliphatic heterocycles. The summed E-state index contributed by atoms with van der Waals surface area (Å²) in [6.07, 6.45) is 1.16. The first-order valence-corrected chi connectivity index (χ1v) is 6.55. The third kappa shape index (κ3) is 3.47. The molecule has 0 spiro atoms. The summed E-state index contributed by atoms with van der Waals surface area (Å²) in [5.74, 6) is -0.749. The van der Waals surface area contributed by atoms with Crippen LogP contribution in [0.1, 0.15) is 23.0 Å². The molecule has 2 rings (SSSR count). The van der Waals surface area contributed by atoms with Crippen molar-refractivity contribution in [2.75, 3.05) is 0 Å². The van der Waals surface area contributed by atoms with Crippen molar-refractivity contribution in [3.05, 3.63) is 56.9 Å². The Balaban J connectivity index is 2.17. The zero-order valence-corrected chi connectivity index (χ0v) is 12.5. The average Bonchev–Trinajstić information content (AvgIpc) is 2.87. The largest absolute Gasteiger partial charge is 0.320 e. The number of rotatable bonds is 4. The van der Waals surface area contributed by atoms with E-state index in [-0.39, 0.29) is 11.4 Å². The maximum absolute atomic E-state index is 12.0. The van der Waals surface area contributed by atoms with Gasteiger partial charge in [0.25, 0.3) is 5.91 Å². The normalized spacial score (nSPS) is 11.3. The van der Waals surface area contributed by atoms with Gasteiger partial charge in [-0.1, -0.05) is 23.7 Å². The fourth-order valence-electron chi connectivity index (χ4n) is 1.71. The van der Waals surface area contributed by atoms with Gasteiger partial charge in [-0.2, -0.15) is 10.2 Å². The number of carbonyl (C=O) groups is 1. The Morgan fingerprint density at radius 3 is 2.64 bits per heavy atom. The topological polar surface area (TPSA) is 102 Å². The first-order chi connectivity index (χ1) is 10.4. The van der Waals surface area contributed by atoms with Gasteiger partial charge in [0.15, 0.2) is 0 Å². The lowest BCUT2D eigenvalue weighted by Gasteiger charge is -2.01. The molecule has 0 saturated heterocycles. The van der Waals surface area contributed by atoms with Crippen LogP contribution in [0, 0.1) is 10.1 Å². The number of aryl methyl sites for hydroxylation is 1. The molecule has 1 aromatic heterocycles. The highest BCUT2D eigenvalue weighted by Gasteiger charge is 2.24. The van der Waals surface area contributed by atoms with Crippen molar-refractivity contribution in [2.24, 2.45) is 12.1 Å². The second-order valence-electron chi connectivity index (χ2n) is 4.44. The van der Waals surface area contributed by atoms with E-state index in [4.69, 9.17) is 11.6 Å². The fraction of sp³-hybridized carbons (Fsp3) is 0.154. The molecule has 0 bridgehead atoms. The third-order valence-corrected chi connectivity index (χ3v) is 3.06. The Morgan fingerprint density at radius 1 is 1.41 bits per heavy atom. The molecule has 0 atom stereocenters. The van der Waals surface area contributed by atoms with E-state index in [1.54, 1.807) is 31.2 Å². The first kappa shape index (κ1) is 15.6. The number of carbonyl (C=O) groups excluding carboxylic acids is 1. The molecule has 0 radical (unpaired) electrons. The van der Waals surface area contributed by atoms with E-state index in [1.807, 2.05) is 0 Å². The number of aromatic nitrogens is 2. The minimum absolute atomic E-state index is 0.292. The fourth-order valence-corrected chi connectivity index (χ4v) is 1.84. The quantitative estimate of drug-likeness (QED) is 0.529. The van der Waals surface area contributed by atoms with E-state index < -0.39 is 10.8 Å². The molecule has 22 heavy (non-hydrogen) atoms. The van der Waals surface area contributed by atoms with Gasteiger partial charge in [0, 0.05) is 12.1 Å². The summed E-state index contributed by atoms with van der Waals surface area (Å²) < 4.78 is 1.20. The Bertz CT molecular complexity index is 752. The van der Waals surface area contributed by atoms with Crippen LogP contribution >= 0.6 is 11.6 Å². The van der Waals surface area contributed by atoms with E-state index in [2.05, 4.69) is 15.6 Å². The maximum Gasteiger partial charge on any atom is 0.320 e. The average molecular weight is 322 g/mol. The lowest BCUT2D eigenvalue weighted by atomic mass is 10.1. The summed E-state index contributed by atoms with van der Waals surface area (Å²) in [4.78, 5) is 22.1. The molecule has 0 saturated carbocycles. The molecule has 114 valence electrons. The smallest absolute Gasteiger partial charge is 0.268 e. The summed E-state index contributed by atoms with van der Waals surface area (Å²) in [5, 5.41) is 19.1. The molecule has 1 heterocycles. The Morgan fingerprint density at radius 2 is 2.05 bits per heavy atom. The highest BCUT2D eigenvalue weighted by atomic mass is 35.5. The van der Waals surface area contributed by atoms with E-state index in [9.17, 15) is 14.9 Å². The maximum atomic E-state index is 12.0. The molecule has 1 amide bonds. The van der Waals surface area contributed by atoms with Gasteiger partial charge in [-0.3, -0.25) is 19.6 Å². The van der Waals surface area contributed by atoms with Crippen LogP contribution < -0.4 is 5.43 Å². The van der Waals surface area contributed by atoms with Crippen LogP contribution in [-0.2, 0) is 7.05 Å². The Labute approximate surface area is 130 Å². The molecular formula is C13H12ClN5O3. The van der Waals surface area contributed by atoms with Gasteiger partial charge in [0.2, 0.25) is 5.69 Å². The van der Waals surface area contributed by atoms with Crippen LogP contribution in [0.3, 0.4) is 0 Å². The van der Waals surface area contributed by atoms with Crippen LogP contribution in [-0.4, -0.2) is 26.3 Å². The molecule has 0 fully saturated rings. The van der Waals surface area contributed by atoms with Crippen molar-refractivity contribution >= 4 is 28.9 Å². The van der Waals surface area contributed by atoms with Crippen molar-refractivity contribution in [1.82, 2.24) is 15.2 Å². The standard InChI is InChI=1S/C13H12ClN5O3/c1-8(9-3-5-10(14)6-4-9)15-16-13(20)12-11(19(21)22)7-18(2)17-12/h3-7H,1-2H3,(H,16,20)/b15-8-. The number of amides is 1. The molecule has 1 N–H and O–H groups in total. The van der Waals surface area contributed by atoms with Crippen LogP contribution in [0.5, 0.6) is 0 Å². The van der Waals surface area contributed by atoms with E-state index >= 15 is 0 Å². The van der Waals surface area contributed by atoms with E-state index in [0.29, 0.717) is 10.7 Å². The second-order valence-corrected chi connectivity index (χ2v) is 4.88. The first-order valence-electron chi connectivity index (χ1n) is 6.17. The summed E-state index contributed by atoms with van der Waals surface area (Å²) in [6, 6.07) is 6.88. The number of hydrazone groups is 1. The predicted octanol–water partition coefficient (Wildman–Crippen LogP) is 2.14. The summed E-state index contributed by atoms with van der Waals surface area (Å²) in [5.41, 5.74) is 2.88. The Kier molecular flexibility index (Phi) is 4.52. The number of hydrogen-bond donors (Lipinski definition) is 1. The van der Waals surface area contributed by atoms with Crippen LogP contribution in [0.25, 0.3) is 0 Å². The number of nitrogens with one attached hydrogen (secondary N) is 1. The van der Waals surface area contributed by atoms with Gasteiger partial charge >= 0.3 is 5.69 Å². The highest BCUT2D eigenvalue weighted by Crippen LogP contribution is 2.15. The molecule has 0 aliphatic rings. The van der Waals surface area contributed by atoms with Crippen molar-refractivity contribution in [3.8, 4) is 0 Å². The van der Waals surface area contributed by atoms with Gasteiger partial charge in [-0.15, -0.1) is 0 Å². The molecule has 0 unspecified atom stereocenters. The summed E-state index contributed by atoms with van der Waals surface area (Å²) in [7, 11) is 1.49. The lowest BCUT2D eigenvalue weighted by Crippen LogP contribution is -2.21. The van der Waals surface area contributed by atoms with Crippen molar-refractivity contribution < 1.29 is 9.72 Å². The summed E-state index contributed by atoms with van der Waals surface area (Å²) >= 11 is 5.79. The molecule has 8 nitrogen and oxygen atoms in total. The molecular weight excluding hydrogens is 310 g/mol. The van der Waals surface area contributed by atoms with Gasteiger partial charge < -0.3 is 0 Å². The number of hydrogen-bond acceptors (Lipinski definition) is 5. The second kappa shape index (κ2) is 6.35. The number of nitro groups is 1. The summed E-state index contributed by atoms with van der Waals surface area (Å²) in [6.45, 7) is 1.69. The lowest BCUT2D eigenvalue weighted by molar-refractivity contribution is -0.385. The molecule has 9 heteroatoms. The zero-order valence-electron chi connectivity index (χ0n) is 11.8. The highest BCUT2D eigenvalue weighted by molar-refractivity contribution is 6.30. The number of nitrogens with zero attached hydrogens (tertiary/aromatic N) is 4. The molecule has 0 aliphatic carbocycles. The van der Waals surface area contributed by atoms with E-state index in [0.717, 1.165) is 11.8 Å². The number of halogens is 1. The van der Waals surface area contributed by atoms with Gasteiger partial charge in [-0.05, 0) is 24.6 Å². The third-order valence-electron chi connectivity index (χ3n) is 2.81. The minimum atomic E-state index is -0.749. The monoisotopic (exact) mass is 321 g/mol. The van der Waals surface area contributed by atoms with Crippen LogP contribution in [0.2, 0.25) is 5.02 Å². The molecule has 2 aromatic rings. The van der Waals surface area contributed by atoms with Crippen LogP contribution in [0.4, 0.5) is 5.69 Å². The van der Waals surface area contributed by atoms with Gasteiger partial charge in [-0.25, -0.2) is 5.43 Å². The predicted molar refractivity (Wildman–Crippen MR) is 81.0 cm³/mol.